The molecule has 14 nitrogen and oxygen atoms in total. The summed E-state index contributed by atoms with van der Waals surface area (Å²) in [6, 6.07) is 27.7. The van der Waals surface area contributed by atoms with Gasteiger partial charge in [-0.15, -0.1) is 0 Å². The van der Waals surface area contributed by atoms with Crippen molar-refractivity contribution in [3.8, 4) is 22.6 Å². The standard InChI is InChI=1S/C44H52N6O8/c1-49(42(55)20-24-50-22-18-34(19-23-50)58-44(56)48-37-12-6-5-11-35(37)31-9-3-2-4-10-31)21-8-7-13-40(53)46-32-16-14-30(15-17-32)27-45-28-39(52)36-25-33(51)26-38-43(36)57-29-41(54)47-38/h2-6,9-12,14-17,25-26,34,39,45,51-52H,7-8,13,18-24,27-29H2,1H3,(H,46,53)(H,47,54)(H,48,56)/t39-/m0/s1. The number of amides is 4. The van der Waals surface area contributed by atoms with Crippen LogP contribution >= 0.6 is 0 Å². The van der Waals surface area contributed by atoms with Crippen LogP contribution in [0.25, 0.3) is 11.1 Å². The number of hydrogen-bond donors (Lipinski definition) is 6. The maximum Gasteiger partial charge on any atom is 0.411 e. The average molecular weight is 793 g/mol. The molecule has 2 heterocycles. The average Bonchev–Trinajstić information content (AvgIpc) is 3.22. The molecular weight excluding hydrogens is 741 g/mol. The number of ether oxygens (including phenoxy) is 2. The van der Waals surface area contributed by atoms with Gasteiger partial charge >= 0.3 is 6.09 Å². The van der Waals surface area contributed by atoms with E-state index in [0.29, 0.717) is 86.5 Å². The highest BCUT2D eigenvalue weighted by Gasteiger charge is 2.25. The zero-order chi connectivity index (χ0) is 40.9. The number of carbonyl (C=O) groups excluding carboxylic acids is 4. The lowest BCUT2D eigenvalue weighted by Crippen LogP contribution is -2.40. The molecule has 0 aromatic heterocycles. The third kappa shape index (κ3) is 12.0. The van der Waals surface area contributed by atoms with Gasteiger partial charge < -0.3 is 45.4 Å². The van der Waals surface area contributed by atoms with Gasteiger partial charge in [-0.2, -0.15) is 0 Å². The van der Waals surface area contributed by atoms with Crippen molar-refractivity contribution in [1.82, 2.24) is 15.1 Å². The molecule has 2 aliphatic rings. The zero-order valence-corrected chi connectivity index (χ0v) is 32.7. The molecule has 0 unspecified atom stereocenters. The normalized spacial score (nSPS) is 14.7. The minimum absolute atomic E-state index is 0.0608. The van der Waals surface area contributed by atoms with Crippen molar-refractivity contribution in [2.45, 2.75) is 57.3 Å². The summed E-state index contributed by atoms with van der Waals surface area (Å²) < 4.78 is 11.2. The fourth-order valence-electron chi connectivity index (χ4n) is 7.06. The summed E-state index contributed by atoms with van der Waals surface area (Å²) in [6.07, 6.45) is 1.87. The van der Waals surface area contributed by atoms with Crippen LogP contribution in [0.3, 0.4) is 0 Å². The van der Waals surface area contributed by atoms with Crippen molar-refractivity contribution in [1.29, 1.82) is 0 Å². The summed E-state index contributed by atoms with van der Waals surface area (Å²) in [5, 5.41) is 32.4. The van der Waals surface area contributed by atoms with Crippen molar-refractivity contribution in [2.75, 3.05) is 62.3 Å². The highest BCUT2D eigenvalue weighted by Crippen LogP contribution is 2.38. The fraction of sp³-hybridized carbons (Fsp3) is 0.364. The van der Waals surface area contributed by atoms with E-state index in [1.54, 1.807) is 11.9 Å². The number of aliphatic hydroxyl groups is 1. The van der Waals surface area contributed by atoms with E-state index >= 15 is 0 Å². The van der Waals surface area contributed by atoms with E-state index in [-0.39, 0.29) is 42.7 Å². The quantitative estimate of drug-likeness (QED) is 0.0707. The van der Waals surface area contributed by atoms with Gasteiger partial charge in [0.25, 0.3) is 5.91 Å². The van der Waals surface area contributed by atoms with Gasteiger partial charge in [0.15, 0.2) is 6.61 Å². The number of likely N-dealkylation sites (tertiary alicyclic amines) is 1. The van der Waals surface area contributed by atoms with E-state index in [0.717, 1.165) is 29.8 Å². The third-order valence-corrected chi connectivity index (χ3v) is 10.3. The minimum atomic E-state index is -0.985. The Morgan fingerprint density at radius 3 is 2.47 bits per heavy atom. The van der Waals surface area contributed by atoms with Crippen LogP contribution in [0.4, 0.5) is 21.9 Å². The molecule has 1 saturated heterocycles. The number of fused-ring (bicyclic) bond motifs is 1. The van der Waals surface area contributed by atoms with Crippen LogP contribution in [0.2, 0.25) is 0 Å². The number of nitrogens with one attached hydrogen (secondary N) is 4. The molecule has 14 heteroatoms. The van der Waals surface area contributed by atoms with Gasteiger partial charge in [-0.25, -0.2) is 4.79 Å². The predicted octanol–water partition coefficient (Wildman–Crippen LogP) is 5.88. The minimum Gasteiger partial charge on any atom is -0.508 e. The first kappa shape index (κ1) is 41.7. The number of phenols is 1. The van der Waals surface area contributed by atoms with Gasteiger partial charge in [0.05, 0.1) is 17.5 Å². The molecule has 6 N–H and O–H groups in total. The number of nitrogens with zero attached hydrogens (tertiary/aromatic N) is 2. The summed E-state index contributed by atoms with van der Waals surface area (Å²) in [5.74, 6) is -0.120. The van der Waals surface area contributed by atoms with Crippen molar-refractivity contribution >= 4 is 40.9 Å². The number of unbranched alkanes of at least 4 members (excludes halogenated alkanes) is 1. The molecule has 0 aliphatic carbocycles. The third-order valence-electron chi connectivity index (χ3n) is 10.3. The van der Waals surface area contributed by atoms with Crippen LogP contribution in [-0.2, 0) is 25.7 Å². The Morgan fingerprint density at radius 1 is 0.948 bits per heavy atom. The maximum atomic E-state index is 12.8. The summed E-state index contributed by atoms with van der Waals surface area (Å²) in [5.41, 5.74) is 4.96. The Balaban J connectivity index is 0.811. The Hall–Kier alpha value is -5.96. The van der Waals surface area contributed by atoms with Gasteiger partial charge in [-0.3, -0.25) is 19.7 Å². The summed E-state index contributed by atoms with van der Waals surface area (Å²) in [4.78, 5) is 53.8. The van der Waals surface area contributed by atoms with E-state index in [1.165, 1.54) is 12.1 Å². The number of carbonyl (C=O) groups is 4. The zero-order valence-electron chi connectivity index (χ0n) is 32.7. The maximum absolute atomic E-state index is 12.8. The van der Waals surface area contributed by atoms with E-state index in [1.807, 2.05) is 78.9 Å². The van der Waals surface area contributed by atoms with Crippen LogP contribution in [0.1, 0.15) is 55.8 Å². The number of benzene rings is 4. The van der Waals surface area contributed by atoms with Gasteiger partial charge in [0.1, 0.15) is 17.6 Å². The highest BCUT2D eigenvalue weighted by atomic mass is 16.6. The molecule has 0 bridgehead atoms. The fourth-order valence-corrected chi connectivity index (χ4v) is 7.06. The molecule has 4 aromatic rings. The molecule has 0 spiro atoms. The Morgan fingerprint density at radius 2 is 1.69 bits per heavy atom. The largest absolute Gasteiger partial charge is 0.508 e. The molecule has 1 fully saturated rings. The first-order valence-corrected chi connectivity index (χ1v) is 19.8. The van der Waals surface area contributed by atoms with Gasteiger partial charge in [0, 0.05) is 82.0 Å². The predicted molar refractivity (Wildman–Crippen MR) is 222 cm³/mol. The molecule has 2 aliphatic heterocycles. The summed E-state index contributed by atoms with van der Waals surface area (Å²) in [7, 11) is 1.79. The Bertz CT molecular complexity index is 2020. The number of aliphatic hydroxyl groups excluding tert-OH is 1. The number of anilines is 3. The lowest BCUT2D eigenvalue weighted by Gasteiger charge is -2.31. The van der Waals surface area contributed by atoms with Crippen LogP contribution < -0.4 is 26.0 Å². The van der Waals surface area contributed by atoms with E-state index in [2.05, 4.69) is 26.2 Å². The smallest absolute Gasteiger partial charge is 0.411 e. The van der Waals surface area contributed by atoms with Crippen molar-refractivity contribution < 1.29 is 38.9 Å². The second kappa shape index (κ2) is 20.5. The van der Waals surface area contributed by atoms with Gasteiger partial charge in [0.2, 0.25) is 11.8 Å². The summed E-state index contributed by atoms with van der Waals surface area (Å²) in [6.45, 7) is 3.17. The van der Waals surface area contributed by atoms with Crippen LogP contribution in [0.15, 0.2) is 91.0 Å². The molecule has 0 saturated carbocycles. The van der Waals surface area contributed by atoms with Crippen LogP contribution in [0.5, 0.6) is 11.5 Å². The first-order chi connectivity index (χ1) is 28.1. The lowest BCUT2D eigenvalue weighted by molar-refractivity contribution is -0.130. The molecule has 306 valence electrons. The second-order valence-electron chi connectivity index (χ2n) is 14.6. The highest BCUT2D eigenvalue weighted by molar-refractivity contribution is 5.96. The number of rotatable bonds is 17. The van der Waals surface area contributed by atoms with Gasteiger partial charge in [-0.1, -0.05) is 60.7 Å². The molecule has 4 amide bonds. The molecule has 6 rings (SSSR count). The SMILES string of the molecule is CN(CCCCC(=O)Nc1ccc(CNC[C@H](O)c2cc(O)cc3c2OCC(=O)N3)cc1)C(=O)CCN1CCC(OC(=O)Nc2ccccc2-c2ccccc2)CC1. The van der Waals surface area contributed by atoms with Crippen molar-refractivity contribution in [3.63, 3.8) is 0 Å². The van der Waals surface area contributed by atoms with Crippen molar-refractivity contribution in [2.24, 2.45) is 0 Å². The molecule has 58 heavy (non-hydrogen) atoms. The van der Waals surface area contributed by atoms with E-state index in [9.17, 15) is 29.4 Å². The number of phenolic OH excluding ortho intramolecular Hbond substituents is 1. The van der Waals surface area contributed by atoms with Gasteiger partial charge in [-0.05, 0) is 61.1 Å². The van der Waals surface area contributed by atoms with Crippen LogP contribution in [-0.4, -0.2) is 96.3 Å². The second-order valence-corrected chi connectivity index (χ2v) is 14.6. The molecule has 1 atom stereocenters. The topological polar surface area (TPSA) is 182 Å². The Labute approximate surface area is 338 Å². The van der Waals surface area contributed by atoms with Crippen molar-refractivity contribution in [3.05, 3.63) is 102 Å². The lowest BCUT2D eigenvalue weighted by atomic mass is 10.0. The number of aromatic hydroxyl groups is 1. The monoisotopic (exact) mass is 792 g/mol. The molecule has 0 radical (unpaired) electrons. The van der Waals surface area contributed by atoms with E-state index < -0.39 is 12.2 Å². The number of para-hydroxylation sites is 1. The summed E-state index contributed by atoms with van der Waals surface area (Å²) >= 11 is 0. The molecule has 4 aromatic carbocycles. The van der Waals surface area contributed by atoms with E-state index in [4.69, 9.17) is 9.47 Å². The number of hydrogen-bond acceptors (Lipinski definition) is 10. The first-order valence-electron chi connectivity index (χ1n) is 19.8. The Kier molecular flexibility index (Phi) is 14.7. The molecular formula is C44H52N6O8. The number of piperidine rings is 1. The van der Waals surface area contributed by atoms with Crippen LogP contribution in [0, 0.1) is 0 Å².